The second-order valence-electron chi connectivity index (χ2n) is 5.03. The van der Waals surface area contributed by atoms with Crippen LogP contribution in [0.25, 0.3) is 10.9 Å². The molecule has 1 N–H and O–H groups in total. The predicted octanol–water partition coefficient (Wildman–Crippen LogP) is 4.44. The van der Waals surface area contributed by atoms with Gasteiger partial charge in [-0.25, -0.2) is 0 Å². The second-order valence-corrected chi connectivity index (χ2v) is 5.46. The zero-order valence-electron chi connectivity index (χ0n) is 11.0. The summed E-state index contributed by atoms with van der Waals surface area (Å²) in [7, 11) is 0. The van der Waals surface area contributed by atoms with Crippen molar-refractivity contribution in [2.75, 3.05) is 6.54 Å². The van der Waals surface area contributed by atoms with Crippen LogP contribution < -0.4 is 5.32 Å². The lowest BCUT2D eigenvalue weighted by Gasteiger charge is -2.06. The first-order chi connectivity index (χ1) is 8.99. The summed E-state index contributed by atoms with van der Waals surface area (Å²) < 4.78 is 26.9. The molecule has 0 radical (unpaired) electrons. The normalized spacial score (nSPS) is 11.9. The molecule has 1 heterocycles. The highest BCUT2D eigenvalue weighted by Crippen LogP contribution is 2.28. The van der Waals surface area contributed by atoms with E-state index in [0.717, 1.165) is 22.1 Å². The van der Waals surface area contributed by atoms with E-state index in [1.807, 2.05) is 0 Å². The number of nitrogens with zero attached hydrogens (tertiary/aromatic N) is 1. The van der Waals surface area contributed by atoms with Gasteiger partial charge in [0.25, 0.3) is 0 Å². The zero-order chi connectivity index (χ0) is 14.0. The van der Waals surface area contributed by atoms with Gasteiger partial charge in [0.15, 0.2) is 0 Å². The summed E-state index contributed by atoms with van der Waals surface area (Å²) >= 11 is 5.88. The second kappa shape index (κ2) is 5.88. The van der Waals surface area contributed by atoms with Crippen LogP contribution in [0.3, 0.4) is 0 Å². The Morgan fingerprint density at radius 2 is 2.05 bits per heavy atom. The van der Waals surface area contributed by atoms with Gasteiger partial charge in [-0.2, -0.15) is 8.78 Å². The van der Waals surface area contributed by atoms with E-state index >= 15 is 0 Å². The Labute approximate surface area is 116 Å². The number of hydrogen-bond acceptors (Lipinski definition) is 1. The summed E-state index contributed by atoms with van der Waals surface area (Å²) in [4.78, 5) is 0. The average molecular weight is 287 g/mol. The fraction of sp³-hybridized carbons (Fsp3) is 0.429. The average Bonchev–Trinajstić information content (AvgIpc) is 2.67. The largest absolute Gasteiger partial charge is 0.319 e. The number of halogens is 3. The first kappa shape index (κ1) is 14.3. The Balaban J connectivity index is 2.33. The molecule has 2 aromatic rings. The van der Waals surface area contributed by atoms with Gasteiger partial charge < -0.3 is 5.32 Å². The van der Waals surface area contributed by atoms with Gasteiger partial charge in [-0.05, 0) is 30.2 Å². The van der Waals surface area contributed by atoms with Crippen molar-refractivity contribution in [2.24, 2.45) is 5.92 Å². The van der Waals surface area contributed by atoms with Crippen molar-refractivity contribution >= 4 is 22.5 Å². The number of fused-ring (bicyclic) bond motifs is 1. The fourth-order valence-electron chi connectivity index (χ4n) is 2.09. The number of rotatable bonds is 5. The van der Waals surface area contributed by atoms with Crippen LogP contribution in [0.2, 0.25) is 5.02 Å². The van der Waals surface area contributed by atoms with Gasteiger partial charge in [-0.15, -0.1) is 0 Å². The van der Waals surface area contributed by atoms with Crippen molar-refractivity contribution < 1.29 is 8.78 Å². The topological polar surface area (TPSA) is 17.0 Å². The number of hydrogen-bond donors (Lipinski definition) is 1. The zero-order valence-corrected chi connectivity index (χ0v) is 11.7. The molecule has 0 saturated carbocycles. The van der Waals surface area contributed by atoms with Crippen LogP contribution in [0.4, 0.5) is 8.78 Å². The maximum absolute atomic E-state index is 13.0. The van der Waals surface area contributed by atoms with Crippen molar-refractivity contribution in [3.63, 3.8) is 0 Å². The molecule has 2 rings (SSSR count). The first-order valence-electron chi connectivity index (χ1n) is 6.27. The smallest absolute Gasteiger partial charge is 0.312 e. The maximum Gasteiger partial charge on any atom is 0.319 e. The van der Waals surface area contributed by atoms with E-state index in [4.69, 9.17) is 11.6 Å². The fourth-order valence-corrected chi connectivity index (χ4v) is 2.26. The van der Waals surface area contributed by atoms with E-state index < -0.39 is 6.55 Å². The third-order valence-corrected chi connectivity index (χ3v) is 3.19. The molecule has 0 unspecified atom stereocenters. The molecule has 5 heteroatoms. The van der Waals surface area contributed by atoms with Gasteiger partial charge in [-0.1, -0.05) is 31.5 Å². The molecule has 0 aliphatic rings. The Bertz CT molecular complexity index is 564. The SMILES string of the molecule is CC(C)CNCc1cn(C(F)F)c2cc(Cl)ccc12. The highest BCUT2D eigenvalue weighted by molar-refractivity contribution is 6.31. The molecule has 0 fully saturated rings. The third-order valence-electron chi connectivity index (χ3n) is 2.96. The minimum atomic E-state index is -2.56. The van der Waals surface area contributed by atoms with Crippen LogP contribution >= 0.6 is 11.6 Å². The van der Waals surface area contributed by atoms with Crippen LogP contribution in [0, 0.1) is 5.92 Å². The molecule has 19 heavy (non-hydrogen) atoms. The molecule has 1 aromatic heterocycles. The van der Waals surface area contributed by atoms with Gasteiger partial charge >= 0.3 is 6.55 Å². The number of nitrogens with one attached hydrogen (secondary N) is 1. The van der Waals surface area contributed by atoms with Crippen molar-refractivity contribution in [2.45, 2.75) is 26.9 Å². The molecule has 0 bridgehead atoms. The minimum absolute atomic E-state index is 0.467. The summed E-state index contributed by atoms with van der Waals surface area (Å²) in [6, 6.07) is 5.10. The summed E-state index contributed by atoms with van der Waals surface area (Å²) in [5, 5.41) is 4.56. The lowest BCUT2D eigenvalue weighted by atomic mass is 10.1. The van der Waals surface area contributed by atoms with Crippen LogP contribution in [0.15, 0.2) is 24.4 Å². The number of benzene rings is 1. The summed E-state index contributed by atoms with van der Waals surface area (Å²) in [6.45, 7) is 3.09. The molecule has 0 saturated heterocycles. The highest BCUT2D eigenvalue weighted by Gasteiger charge is 2.14. The predicted molar refractivity (Wildman–Crippen MR) is 74.7 cm³/mol. The summed E-state index contributed by atoms with van der Waals surface area (Å²) in [5.74, 6) is 0.526. The molecule has 0 spiro atoms. The van der Waals surface area contributed by atoms with Gasteiger partial charge in [-0.3, -0.25) is 4.57 Å². The van der Waals surface area contributed by atoms with Gasteiger partial charge in [0.2, 0.25) is 0 Å². The molecule has 0 atom stereocenters. The van der Waals surface area contributed by atoms with Gasteiger partial charge in [0.1, 0.15) is 0 Å². The van der Waals surface area contributed by atoms with Crippen molar-refractivity contribution in [3.8, 4) is 0 Å². The Kier molecular flexibility index (Phi) is 4.42. The van der Waals surface area contributed by atoms with E-state index in [1.165, 1.54) is 6.20 Å². The number of aromatic nitrogens is 1. The monoisotopic (exact) mass is 286 g/mol. The van der Waals surface area contributed by atoms with E-state index in [-0.39, 0.29) is 0 Å². The molecule has 1 aromatic carbocycles. The maximum atomic E-state index is 13.0. The Hall–Kier alpha value is -1.13. The van der Waals surface area contributed by atoms with Crippen molar-refractivity contribution in [1.29, 1.82) is 0 Å². The molecular weight excluding hydrogens is 270 g/mol. The van der Waals surface area contributed by atoms with E-state index in [1.54, 1.807) is 18.2 Å². The van der Waals surface area contributed by atoms with Gasteiger partial charge in [0, 0.05) is 23.2 Å². The van der Waals surface area contributed by atoms with E-state index in [2.05, 4.69) is 19.2 Å². The van der Waals surface area contributed by atoms with E-state index in [0.29, 0.717) is 23.0 Å². The van der Waals surface area contributed by atoms with Gasteiger partial charge in [0.05, 0.1) is 5.52 Å². The molecule has 0 amide bonds. The van der Waals surface area contributed by atoms with Crippen molar-refractivity contribution in [3.05, 3.63) is 35.0 Å². The molecule has 104 valence electrons. The summed E-state index contributed by atoms with van der Waals surface area (Å²) in [5.41, 5.74) is 1.34. The van der Waals surface area contributed by atoms with Crippen LogP contribution in [0.1, 0.15) is 26.0 Å². The number of alkyl halides is 2. The standard InChI is InChI=1S/C14H17ClF2N2/c1-9(2)6-18-7-10-8-19(14(16)17)13-5-11(15)3-4-12(10)13/h3-5,8-9,14,18H,6-7H2,1-2H3. The van der Waals surface area contributed by atoms with Crippen LogP contribution in [-0.2, 0) is 6.54 Å². The third kappa shape index (κ3) is 3.25. The summed E-state index contributed by atoms with van der Waals surface area (Å²) in [6.07, 6.45) is 1.50. The first-order valence-corrected chi connectivity index (χ1v) is 6.64. The van der Waals surface area contributed by atoms with Crippen LogP contribution in [0.5, 0.6) is 0 Å². The van der Waals surface area contributed by atoms with Crippen molar-refractivity contribution in [1.82, 2.24) is 9.88 Å². The Morgan fingerprint density at radius 1 is 1.32 bits per heavy atom. The highest BCUT2D eigenvalue weighted by atomic mass is 35.5. The quantitative estimate of drug-likeness (QED) is 0.860. The van der Waals surface area contributed by atoms with E-state index in [9.17, 15) is 8.78 Å². The molecule has 2 nitrogen and oxygen atoms in total. The lowest BCUT2D eigenvalue weighted by Crippen LogP contribution is -2.18. The Morgan fingerprint density at radius 3 is 2.68 bits per heavy atom. The lowest BCUT2D eigenvalue weighted by molar-refractivity contribution is 0.0750. The minimum Gasteiger partial charge on any atom is -0.312 e. The molecule has 0 aliphatic carbocycles. The molecule has 0 aliphatic heterocycles. The van der Waals surface area contributed by atoms with Crippen LogP contribution in [-0.4, -0.2) is 11.1 Å². The molecular formula is C14H17ClF2N2.